The number of carbonyl (C=O) groups is 1. The Balaban J connectivity index is 1.71. The van der Waals surface area contributed by atoms with Gasteiger partial charge in [0.05, 0.1) is 9.95 Å². The zero-order valence-corrected chi connectivity index (χ0v) is 18.5. The first kappa shape index (κ1) is 18.6. The van der Waals surface area contributed by atoms with Crippen molar-refractivity contribution in [3.63, 3.8) is 0 Å². The molecule has 7 heteroatoms. The van der Waals surface area contributed by atoms with Crippen LogP contribution in [0.1, 0.15) is 27.9 Å². The van der Waals surface area contributed by atoms with Gasteiger partial charge >= 0.3 is 0 Å². The van der Waals surface area contributed by atoms with Crippen molar-refractivity contribution in [2.45, 2.75) is 19.8 Å². The Hall–Kier alpha value is -1.71. The number of rotatable bonds is 3. The van der Waals surface area contributed by atoms with Crippen LogP contribution in [0.15, 0.2) is 46.8 Å². The first-order valence-corrected chi connectivity index (χ1v) is 11.1. The standard InChI is InChI=1S/C20H16IN3OS2/c1-11-9-13(12(2)24(11)15-5-3-14(21)4-6-15)10-16-18(25)17(19(22)27-16)20-23-7-8-26-20/h3-10,17,22H,1-2H3/b16-10-,22-19?/t17-/m1/s1. The molecule has 1 fully saturated rings. The van der Waals surface area contributed by atoms with E-state index in [1.165, 1.54) is 26.7 Å². The van der Waals surface area contributed by atoms with Gasteiger partial charge < -0.3 is 4.57 Å². The van der Waals surface area contributed by atoms with E-state index >= 15 is 0 Å². The number of halogens is 1. The lowest BCUT2D eigenvalue weighted by atomic mass is 10.1. The molecule has 136 valence electrons. The van der Waals surface area contributed by atoms with Gasteiger partial charge in [0.2, 0.25) is 0 Å². The molecule has 3 aromatic rings. The number of hydrogen-bond donors (Lipinski definition) is 1. The van der Waals surface area contributed by atoms with Crippen molar-refractivity contribution in [3.05, 3.63) is 72.3 Å². The maximum atomic E-state index is 12.9. The van der Waals surface area contributed by atoms with Gasteiger partial charge in [0.25, 0.3) is 0 Å². The minimum Gasteiger partial charge on any atom is -0.318 e. The molecule has 4 rings (SSSR count). The largest absolute Gasteiger partial charge is 0.318 e. The van der Waals surface area contributed by atoms with E-state index in [-0.39, 0.29) is 5.78 Å². The minimum atomic E-state index is -0.541. The number of thioether (sulfide) groups is 1. The van der Waals surface area contributed by atoms with E-state index in [2.05, 4.69) is 76.3 Å². The van der Waals surface area contributed by atoms with Crippen LogP contribution in [0.3, 0.4) is 0 Å². The summed E-state index contributed by atoms with van der Waals surface area (Å²) in [5, 5.41) is 11.1. The van der Waals surface area contributed by atoms with Gasteiger partial charge in [-0.2, -0.15) is 0 Å². The molecule has 0 bridgehead atoms. The fourth-order valence-corrected chi connectivity index (χ4v) is 5.41. The summed E-state index contributed by atoms with van der Waals surface area (Å²) in [6, 6.07) is 10.5. The molecular formula is C20H16IN3OS2. The molecule has 2 aromatic heterocycles. The number of nitrogens with zero attached hydrogens (tertiary/aromatic N) is 2. The quantitative estimate of drug-likeness (QED) is 0.374. The molecule has 0 spiro atoms. The highest BCUT2D eigenvalue weighted by molar-refractivity contribution is 14.1. The monoisotopic (exact) mass is 505 g/mol. The number of carbonyl (C=O) groups excluding carboxylic acids is 1. The number of aromatic nitrogens is 2. The van der Waals surface area contributed by atoms with Crippen molar-refractivity contribution >= 4 is 62.6 Å². The predicted octanol–water partition coefficient (Wildman–Crippen LogP) is 5.57. The van der Waals surface area contributed by atoms with Crippen molar-refractivity contribution < 1.29 is 4.79 Å². The summed E-state index contributed by atoms with van der Waals surface area (Å²) in [5.74, 6) is -0.569. The van der Waals surface area contributed by atoms with Gasteiger partial charge in [-0.05, 0) is 78.4 Å². The maximum Gasteiger partial charge on any atom is 0.186 e. The summed E-state index contributed by atoms with van der Waals surface area (Å²) in [4.78, 5) is 17.7. The van der Waals surface area contributed by atoms with E-state index in [0.29, 0.717) is 15.0 Å². The molecule has 0 radical (unpaired) electrons. The molecule has 0 amide bonds. The lowest BCUT2D eigenvalue weighted by Crippen LogP contribution is -2.11. The number of hydrogen-bond acceptors (Lipinski definition) is 5. The summed E-state index contributed by atoms with van der Waals surface area (Å²) < 4.78 is 3.39. The second kappa shape index (κ2) is 7.37. The van der Waals surface area contributed by atoms with Crippen LogP contribution in [-0.2, 0) is 4.79 Å². The summed E-state index contributed by atoms with van der Waals surface area (Å²) in [7, 11) is 0. The normalized spacial score (nSPS) is 18.6. The summed E-state index contributed by atoms with van der Waals surface area (Å²) in [6.45, 7) is 4.13. The van der Waals surface area contributed by atoms with Crippen molar-refractivity contribution in [3.8, 4) is 5.69 Å². The topological polar surface area (TPSA) is 58.7 Å². The molecular weight excluding hydrogens is 489 g/mol. The molecule has 0 unspecified atom stereocenters. The van der Waals surface area contributed by atoms with E-state index in [1.54, 1.807) is 6.20 Å². The van der Waals surface area contributed by atoms with Crippen LogP contribution in [0.5, 0.6) is 0 Å². The van der Waals surface area contributed by atoms with Gasteiger partial charge in [-0.25, -0.2) is 4.98 Å². The number of nitrogens with one attached hydrogen (secondary N) is 1. The molecule has 0 saturated carbocycles. The van der Waals surface area contributed by atoms with Gasteiger partial charge in [0.15, 0.2) is 5.78 Å². The number of ketones is 1. The smallest absolute Gasteiger partial charge is 0.186 e. The second-order valence-electron chi connectivity index (χ2n) is 6.28. The molecule has 4 nitrogen and oxygen atoms in total. The number of benzene rings is 1. The molecule has 1 N–H and O–H groups in total. The van der Waals surface area contributed by atoms with Crippen LogP contribution < -0.4 is 0 Å². The Kier molecular flexibility index (Phi) is 5.09. The average Bonchev–Trinajstić information content (AvgIpc) is 3.31. The van der Waals surface area contributed by atoms with E-state index in [0.717, 1.165) is 22.6 Å². The van der Waals surface area contributed by atoms with Crippen molar-refractivity contribution in [2.24, 2.45) is 0 Å². The number of thiazole rings is 1. The van der Waals surface area contributed by atoms with E-state index in [9.17, 15) is 4.79 Å². The Morgan fingerprint density at radius 2 is 2.00 bits per heavy atom. The molecule has 0 aliphatic carbocycles. The van der Waals surface area contributed by atoms with Crippen LogP contribution in [-0.4, -0.2) is 20.4 Å². The van der Waals surface area contributed by atoms with Crippen molar-refractivity contribution in [2.75, 3.05) is 0 Å². The predicted molar refractivity (Wildman–Crippen MR) is 121 cm³/mol. The van der Waals surface area contributed by atoms with Gasteiger partial charge in [0.1, 0.15) is 10.9 Å². The minimum absolute atomic E-state index is 0.0287. The highest BCUT2D eigenvalue weighted by Crippen LogP contribution is 2.41. The number of allylic oxidation sites excluding steroid dienone is 1. The van der Waals surface area contributed by atoms with Crippen LogP contribution in [0.2, 0.25) is 0 Å². The first-order chi connectivity index (χ1) is 13.0. The highest BCUT2D eigenvalue weighted by atomic mass is 127. The van der Waals surface area contributed by atoms with E-state index in [1.807, 2.05) is 11.5 Å². The van der Waals surface area contributed by atoms with Gasteiger partial charge in [-0.15, -0.1) is 11.3 Å². The SMILES string of the molecule is Cc1cc(/C=C2\SC(=N)[C@H](c3nccs3)C2=O)c(C)n1-c1ccc(I)cc1. The van der Waals surface area contributed by atoms with E-state index in [4.69, 9.17) is 5.41 Å². The molecule has 1 saturated heterocycles. The van der Waals surface area contributed by atoms with Gasteiger partial charge in [-0.1, -0.05) is 11.8 Å². The third kappa shape index (κ3) is 3.43. The van der Waals surface area contributed by atoms with Gasteiger partial charge in [0, 0.05) is 32.2 Å². The zero-order valence-electron chi connectivity index (χ0n) is 14.7. The average molecular weight is 505 g/mol. The summed E-state index contributed by atoms with van der Waals surface area (Å²) >= 11 is 4.97. The number of aryl methyl sites for hydroxylation is 1. The Morgan fingerprint density at radius 1 is 1.26 bits per heavy atom. The molecule has 27 heavy (non-hydrogen) atoms. The fourth-order valence-electron chi connectivity index (χ4n) is 3.25. The Bertz CT molecular complexity index is 1070. The van der Waals surface area contributed by atoms with Crippen molar-refractivity contribution in [1.29, 1.82) is 5.41 Å². The molecule has 3 heterocycles. The molecule has 1 aromatic carbocycles. The van der Waals surface area contributed by atoms with Crippen LogP contribution >= 0.6 is 45.7 Å². The lowest BCUT2D eigenvalue weighted by Gasteiger charge is -2.09. The first-order valence-electron chi connectivity index (χ1n) is 8.32. The van der Waals surface area contributed by atoms with E-state index < -0.39 is 5.92 Å². The van der Waals surface area contributed by atoms with Gasteiger partial charge in [-0.3, -0.25) is 10.2 Å². The third-order valence-electron chi connectivity index (χ3n) is 4.53. The number of Topliss-reactive ketones (excluding diaryl/α,β-unsaturated/α-hetero) is 1. The molecule has 1 aliphatic heterocycles. The highest BCUT2D eigenvalue weighted by Gasteiger charge is 2.38. The van der Waals surface area contributed by atoms with Crippen LogP contribution in [0.25, 0.3) is 11.8 Å². The second-order valence-corrected chi connectivity index (χ2v) is 9.54. The lowest BCUT2D eigenvalue weighted by molar-refractivity contribution is -0.114. The molecule has 1 atom stereocenters. The Morgan fingerprint density at radius 3 is 2.67 bits per heavy atom. The van der Waals surface area contributed by atoms with Crippen molar-refractivity contribution in [1.82, 2.24) is 9.55 Å². The fraction of sp³-hybridized carbons (Fsp3) is 0.150. The summed E-state index contributed by atoms with van der Waals surface area (Å²) in [5.41, 5.74) is 4.31. The summed E-state index contributed by atoms with van der Waals surface area (Å²) in [6.07, 6.45) is 3.60. The maximum absolute atomic E-state index is 12.9. The van der Waals surface area contributed by atoms with Crippen LogP contribution in [0, 0.1) is 22.8 Å². The third-order valence-corrected chi connectivity index (χ3v) is 7.08. The van der Waals surface area contributed by atoms with Crippen LogP contribution in [0.4, 0.5) is 0 Å². The Labute approximate surface area is 179 Å². The zero-order chi connectivity index (χ0) is 19.1. The molecule has 1 aliphatic rings.